The van der Waals surface area contributed by atoms with Crippen molar-refractivity contribution >= 4 is 10.0 Å². The summed E-state index contributed by atoms with van der Waals surface area (Å²) in [6.07, 6.45) is 7.37. The molecule has 2 heterocycles. The van der Waals surface area contributed by atoms with Gasteiger partial charge in [0.25, 0.3) is 0 Å². The molecule has 0 N–H and O–H groups in total. The first kappa shape index (κ1) is 16.7. The first-order valence-electron chi connectivity index (χ1n) is 8.68. The second kappa shape index (κ2) is 6.49. The summed E-state index contributed by atoms with van der Waals surface area (Å²) in [7, 11) is -3.53. The van der Waals surface area contributed by atoms with Crippen LogP contribution in [-0.4, -0.2) is 40.6 Å². The van der Waals surface area contributed by atoms with Crippen LogP contribution in [0.3, 0.4) is 0 Å². The molecule has 0 unspecified atom stereocenters. The van der Waals surface area contributed by atoms with E-state index < -0.39 is 15.8 Å². The summed E-state index contributed by atoms with van der Waals surface area (Å²) in [6, 6.07) is 5.47. The fourth-order valence-electron chi connectivity index (χ4n) is 3.76. The van der Waals surface area contributed by atoms with Crippen molar-refractivity contribution in [2.24, 2.45) is 5.92 Å². The summed E-state index contributed by atoms with van der Waals surface area (Å²) >= 11 is 0. The third kappa shape index (κ3) is 3.20. The molecule has 1 aliphatic carbocycles. The van der Waals surface area contributed by atoms with Crippen LogP contribution < -0.4 is 0 Å². The molecule has 1 aromatic heterocycles. The molecule has 2 aromatic rings. The lowest BCUT2D eigenvalue weighted by Gasteiger charge is -2.38. The molecule has 1 saturated heterocycles. The zero-order valence-electron chi connectivity index (χ0n) is 13.9. The smallest absolute Gasteiger partial charge is 0.243 e. The number of aromatic nitrogens is 3. The Bertz CT molecular complexity index is 838. The average molecular weight is 364 g/mol. The summed E-state index contributed by atoms with van der Waals surface area (Å²) in [5, 5.41) is 8.29. The zero-order chi connectivity index (χ0) is 17.4. The molecule has 1 saturated carbocycles. The highest BCUT2D eigenvalue weighted by molar-refractivity contribution is 7.89. The minimum absolute atomic E-state index is 0.140. The van der Waals surface area contributed by atoms with Gasteiger partial charge in [-0.1, -0.05) is 12.8 Å². The van der Waals surface area contributed by atoms with Crippen LogP contribution in [0.4, 0.5) is 4.39 Å². The lowest BCUT2D eigenvalue weighted by Crippen LogP contribution is -2.50. The van der Waals surface area contributed by atoms with Crippen LogP contribution in [0.2, 0.25) is 0 Å². The third-order valence-electron chi connectivity index (χ3n) is 5.21. The van der Waals surface area contributed by atoms with Crippen LogP contribution in [-0.2, 0) is 16.4 Å². The molecule has 6 nitrogen and oxygen atoms in total. The van der Waals surface area contributed by atoms with E-state index in [4.69, 9.17) is 0 Å². The van der Waals surface area contributed by atoms with Crippen molar-refractivity contribution in [3.8, 4) is 0 Å². The Hall–Kier alpha value is -1.80. The molecule has 0 amide bonds. The number of halogens is 1. The van der Waals surface area contributed by atoms with Crippen molar-refractivity contribution in [1.29, 1.82) is 0 Å². The average Bonchev–Trinajstić information content (AvgIpc) is 3.21. The first-order valence-corrected chi connectivity index (χ1v) is 10.1. The molecule has 0 spiro atoms. The number of hydrogen-bond acceptors (Lipinski definition) is 4. The van der Waals surface area contributed by atoms with Crippen LogP contribution in [0, 0.1) is 11.7 Å². The minimum atomic E-state index is -3.53. The number of rotatable bonds is 5. The molecule has 4 rings (SSSR count). The molecular formula is C17H21FN4O2S. The predicted octanol–water partition coefficient (Wildman–Crippen LogP) is 2.40. The van der Waals surface area contributed by atoms with E-state index in [0.29, 0.717) is 19.1 Å². The second-order valence-corrected chi connectivity index (χ2v) is 8.88. The third-order valence-corrected chi connectivity index (χ3v) is 7.06. The van der Waals surface area contributed by atoms with Crippen LogP contribution >= 0.6 is 0 Å². The Morgan fingerprint density at radius 2 is 1.80 bits per heavy atom. The Labute approximate surface area is 146 Å². The topological polar surface area (TPSA) is 68.1 Å². The molecule has 8 heteroatoms. The summed E-state index contributed by atoms with van der Waals surface area (Å²) in [5.74, 6) is 0.766. The SMILES string of the molecule is O=S(=O)(c1ccc(F)cc1)N1CC(Cc2nncn2C2CCCC2)C1. The van der Waals surface area contributed by atoms with Gasteiger partial charge in [0.15, 0.2) is 0 Å². The number of hydrogen-bond donors (Lipinski definition) is 0. The highest BCUT2D eigenvalue weighted by Gasteiger charge is 2.37. The van der Waals surface area contributed by atoms with Gasteiger partial charge in [0.2, 0.25) is 10.0 Å². The number of benzene rings is 1. The predicted molar refractivity (Wildman–Crippen MR) is 89.9 cm³/mol. The summed E-state index contributed by atoms with van der Waals surface area (Å²) in [6.45, 7) is 0.939. The van der Waals surface area contributed by atoms with Crippen molar-refractivity contribution in [3.05, 3.63) is 42.2 Å². The van der Waals surface area contributed by atoms with E-state index in [1.165, 1.54) is 54.3 Å². The van der Waals surface area contributed by atoms with Crippen molar-refractivity contribution in [2.45, 2.75) is 43.0 Å². The standard InChI is InChI=1S/C17H21FN4O2S/c18-14-5-7-16(8-6-14)25(23,24)21-10-13(11-21)9-17-20-19-12-22(17)15-3-1-2-4-15/h5-8,12-13,15H,1-4,9-11H2. The van der Waals surface area contributed by atoms with Crippen LogP contribution in [0.25, 0.3) is 0 Å². The molecule has 1 aromatic carbocycles. The van der Waals surface area contributed by atoms with Crippen molar-refractivity contribution < 1.29 is 12.8 Å². The largest absolute Gasteiger partial charge is 0.314 e. The molecule has 134 valence electrons. The fraction of sp³-hybridized carbons (Fsp3) is 0.529. The van der Waals surface area contributed by atoms with Crippen molar-refractivity contribution in [1.82, 2.24) is 19.1 Å². The number of sulfonamides is 1. The molecule has 1 aliphatic heterocycles. The Kier molecular flexibility index (Phi) is 4.33. The first-order chi connectivity index (χ1) is 12.0. The van der Waals surface area contributed by atoms with E-state index in [0.717, 1.165) is 12.2 Å². The van der Waals surface area contributed by atoms with E-state index >= 15 is 0 Å². The summed E-state index contributed by atoms with van der Waals surface area (Å²) < 4.78 is 41.6. The normalized spacial score (nSPS) is 20.0. The lowest BCUT2D eigenvalue weighted by molar-refractivity contribution is 0.195. The maximum absolute atomic E-state index is 13.0. The van der Waals surface area contributed by atoms with E-state index in [2.05, 4.69) is 14.8 Å². The van der Waals surface area contributed by atoms with E-state index in [9.17, 15) is 12.8 Å². The van der Waals surface area contributed by atoms with Crippen LogP contribution in [0.1, 0.15) is 37.5 Å². The van der Waals surface area contributed by atoms with Gasteiger partial charge in [-0.05, 0) is 43.0 Å². The maximum Gasteiger partial charge on any atom is 0.243 e. The van der Waals surface area contributed by atoms with Crippen molar-refractivity contribution in [2.75, 3.05) is 13.1 Å². The molecular weight excluding hydrogens is 343 g/mol. The van der Waals surface area contributed by atoms with E-state index in [1.807, 2.05) is 0 Å². The van der Waals surface area contributed by atoms with Gasteiger partial charge in [-0.15, -0.1) is 10.2 Å². The number of nitrogens with zero attached hydrogens (tertiary/aromatic N) is 4. The minimum Gasteiger partial charge on any atom is -0.314 e. The van der Waals surface area contributed by atoms with Crippen molar-refractivity contribution in [3.63, 3.8) is 0 Å². The Balaban J connectivity index is 1.39. The van der Waals surface area contributed by atoms with Gasteiger partial charge in [0.1, 0.15) is 18.0 Å². The summed E-state index contributed by atoms with van der Waals surface area (Å²) in [5.41, 5.74) is 0. The fourth-order valence-corrected chi connectivity index (χ4v) is 5.35. The molecule has 25 heavy (non-hydrogen) atoms. The maximum atomic E-state index is 13.0. The van der Waals surface area contributed by atoms with Gasteiger partial charge < -0.3 is 4.57 Å². The zero-order valence-corrected chi connectivity index (χ0v) is 14.7. The van der Waals surface area contributed by atoms with Gasteiger partial charge in [-0.2, -0.15) is 4.31 Å². The quantitative estimate of drug-likeness (QED) is 0.817. The second-order valence-electron chi connectivity index (χ2n) is 6.94. The monoisotopic (exact) mass is 364 g/mol. The van der Waals surface area contributed by atoms with Gasteiger partial charge in [-0.3, -0.25) is 0 Å². The summed E-state index contributed by atoms with van der Waals surface area (Å²) in [4.78, 5) is 0.140. The van der Waals surface area contributed by atoms with E-state index in [1.54, 1.807) is 6.33 Å². The van der Waals surface area contributed by atoms with Crippen LogP contribution in [0.5, 0.6) is 0 Å². The van der Waals surface area contributed by atoms with E-state index in [-0.39, 0.29) is 10.8 Å². The Morgan fingerprint density at radius 3 is 2.48 bits per heavy atom. The molecule has 2 aliphatic rings. The van der Waals surface area contributed by atoms with Gasteiger partial charge in [0, 0.05) is 25.6 Å². The molecule has 0 bridgehead atoms. The highest BCUT2D eigenvalue weighted by atomic mass is 32.2. The van der Waals surface area contributed by atoms with Gasteiger partial charge >= 0.3 is 0 Å². The molecule has 0 atom stereocenters. The lowest BCUT2D eigenvalue weighted by atomic mass is 9.99. The molecule has 2 fully saturated rings. The van der Waals surface area contributed by atoms with Gasteiger partial charge in [0.05, 0.1) is 4.90 Å². The molecule has 0 radical (unpaired) electrons. The Morgan fingerprint density at radius 1 is 1.12 bits per heavy atom. The highest BCUT2D eigenvalue weighted by Crippen LogP contribution is 2.32. The van der Waals surface area contributed by atoms with Gasteiger partial charge in [-0.25, -0.2) is 12.8 Å². The van der Waals surface area contributed by atoms with Crippen LogP contribution in [0.15, 0.2) is 35.5 Å².